The minimum Gasteiger partial charge on any atom is -0.493 e. The summed E-state index contributed by atoms with van der Waals surface area (Å²) < 4.78 is 16.8. The van der Waals surface area contributed by atoms with Crippen molar-refractivity contribution in [2.24, 2.45) is 0 Å². The topological polar surface area (TPSA) is 68.3 Å². The van der Waals surface area contributed by atoms with E-state index in [1.807, 2.05) is 39.5 Å². The van der Waals surface area contributed by atoms with E-state index < -0.39 is 5.60 Å². The number of hydrogen-bond acceptors (Lipinski definition) is 5. The van der Waals surface area contributed by atoms with Crippen LogP contribution in [-0.4, -0.2) is 66.3 Å². The first-order valence-electron chi connectivity index (χ1n) is 11.7. The molecule has 0 bridgehead atoms. The van der Waals surface area contributed by atoms with Crippen molar-refractivity contribution < 1.29 is 23.8 Å². The van der Waals surface area contributed by atoms with Gasteiger partial charge in [0, 0.05) is 24.7 Å². The molecule has 0 saturated carbocycles. The highest BCUT2D eigenvalue weighted by molar-refractivity contribution is 5.95. The van der Waals surface area contributed by atoms with E-state index in [-0.39, 0.29) is 24.1 Å². The molecule has 1 fully saturated rings. The Balaban J connectivity index is 2.21. The number of carbonyl (C=O) groups excluding carboxylic acids is 2. The first-order valence-corrected chi connectivity index (χ1v) is 11.7. The first-order chi connectivity index (χ1) is 15.1. The summed E-state index contributed by atoms with van der Waals surface area (Å²) in [5.74, 6) is 1.12. The summed E-state index contributed by atoms with van der Waals surface area (Å²) in [4.78, 5) is 29.8. The number of methoxy groups -OCH3 is 1. The third-order valence-electron chi connectivity index (χ3n) is 5.40. The van der Waals surface area contributed by atoms with Gasteiger partial charge >= 0.3 is 6.09 Å². The number of piperidine rings is 1. The SMILES string of the molecule is CCCCOc1cc(C(=O)N(C(C)C)[C@@H]2CCCN(C(=O)OC(C)(C)C)C2)ccc1OC. The standard InChI is InChI=1S/C25H40N2O5/c1-8-9-15-31-22-16-19(12-13-21(22)30-7)23(28)27(18(2)3)20-11-10-14-26(17-20)24(29)32-25(4,5)6/h12-13,16,18,20H,8-11,14-15,17H2,1-7H3/t20-/m1/s1. The Morgan fingerprint density at radius 2 is 1.94 bits per heavy atom. The van der Waals surface area contributed by atoms with Crippen LogP contribution in [-0.2, 0) is 4.74 Å². The van der Waals surface area contributed by atoms with E-state index in [0.29, 0.717) is 36.8 Å². The van der Waals surface area contributed by atoms with E-state index in [0.717, 1.165) is 25.7 Å². The summed E-state index contributed by atoms with van der Waals surface area (Å²) in [6.07, 6.45) is 3.31. The number of rotatable bonds is 8. The molecule has 1 aromatic rings. The van der Waals surface area contributed by atoms with E-state index >= 15 is 0 Å². The van der Waals surface area contributed by atoms with E-state index in [4.69, 9.17) is 14.2 Å². The van der Waals surface area contributed by atoms with Crippen molar-refractivity contribution >= 4 is 12.0 Å². The highest BCUT2D eigenvalue weighted by Gasteiger charge is 2.34. The quantitative estimate of drug-likeness (QED) is 0.516. The second-order valence-electron chi connectivity index (χ2n) is 9.60. The second-order valence-corrected chi connectivity index (χ2v) is 9.60. The van der Waals surface area contributed by atoms with Gasteiger partial charge < -0.3 is 24.0 Å². The molecule has 180 valence electrons. The van der Waals surface area contributed by atoms with Gasteiger partial charge in [-0.3, -0.25) is 4.79 Å². The molecule has 0 unspecified atom stereocenters. The molecule has 0 N–H and O–H groups in total. The lowest BCUT2D eigenvalue weighted by Crippen LogP contribution is -2.54. The molecule has 1 aliphatic heterocycles. The van der Waals surface area contributed by atoms with Crippen molar-refractivity contribution in [1.82, 2.24) is 9.80 Å². The Kier molecular flexibility index (Phi) is 9.22. The fraction of sp³-hybridized carbons (Fsp3) is 0.680. The van der Waals surface area contributed by atoms with Crippen molar-refractivity contribution in [2.75, 3.05) is 26.8 Å². The summed E-state index contributed by atoms with van der Waals surface area (Å²) in [6, 6.07) is 5.23. The molecule has 7 heteroatoms. The van der Waals surface area contributed by atoms with Crippen LogP contribution < -0.4 is 9.47 Å². The summed E-state index contributed by atoms with van der Waals surface area (Å²) >= 11 is 0. The molecular weight excluding hydrogens is 408 g/mol. The zero-order valence-corrected chi connectivity index (χ0v) is 20.8. The fourth-order valence-electron chi connectivity index (χ4n) is 3.89. The molecule has 0 aliphatic carbocycles. The van der Waals surface area contributed by atoms with Crippen molar-refractivity contribution in [2.45, 2.75) is 84.9 Å². The lowest BCUT2D eigenvalue weighted by atomic mass is 10.0. The maximum atomic E-state index is 13.6. The molecule has 1 saturated heterocycles. The van der Waals surface area contributed by atoms with Gasteiger partial charge in [0.2, 0.25) is 0 Å². The Morgan fingerprint density at radius 1 is 1.22 bits per heavy atom. The fourth-order valence-corrected chi connectivity index (χ4v) is 3.89. The van der Waals surface area contributed by atoms with Gasteiger partial charge in [-0.1, -0.05) is 13.3 Å². The third-order valence-corrected chi connectivity index (χ3v) is 5.40. The summed E-state index contributed by atoms with van der Waals surface area (Å²) in [6.45, 7) is 13.4. The average Bonchev–Trinajstić information content (AvgIpc) is 2.72. The number of unbranched alkanes of at least 4 members (excludes halogenated alkanes) is 1. The Bertz CT molecular complexity index is 772. The molecule has 1 aromatic carbocycles. The molecular formula is C25H40N2O5. The largest absolute Gasteiger partial charge is 0.493 e. The van der Waals surface area contributed by atoms with Gasteiger partial charge in [-0.25, -0.2) is 4.79 Å². The maximum Gasteiger partial charge on any atom is 0.410 e. The van der Waals surface area contributed by atoms with Crippen molar-refractivity contribution in [1.29, 1.82) is 0 Å². The number of benzene rings is 1. The van der Waals surface area contributed by atoms with Crippen molar-refractivity contribution in [3.63, 3.8) is 0 Å². The minimum atomic E-state index is -0.547. The predicted molar refractivity (Wildman–Crippen MR) is 126 cm³/mol. The van der Waals surface area contributed by atoms with Crippen molar-refractivity contribution in [3.8, 4) is 11.5 Å². The van der Waals surface area contributed by atoms with Crippen LogP contribution in [0.1, 0.15) is 77.6 Å². The minimum absolute atomic E-state index is 0.0161. The smallest absolute Gasteiger partial charge is 0.410 e. The highest BCUT2D eigenvalue weighted by atomic mass is 16.6. The molecule has 0 spiro atoms. The molecule has 2 rings (SSSR count). The molecule has 0 radical (unpaired) electrons. The number of likely N-dealkylation sites (tertiary alicyclic amines) is 1. The zero-order chi connectivity index (χ0) is 23.9. The second kappa shape index (κ2) is 11.4. The predicted octanol–water partition coefficient (Wildman–Crippen LogP) is 5.12. The van der Waals surface area contributed by atoms with Crippen LogP contribution in [0.5, 0.6) is 11.5 Å². The van der Waals surface area contributed by atoms with Crippen LogP contribution in [0.25, 0.3) is 0 Å². The van der Waals surface area contributed by atoms with Crippen LogP contribution >= 0.6 is 0 Å². The van der Waals surface area contributed by atoms with Gasteiger partial charge in [0.1, 0.15) is 5.60 Å². The van der Waals surface area contributed by atoms with Gasteiger partial charge in [-0.2, -0.15) is 0 Å². The summed E-state index contributed by atoms with van der Waals surface area (Å²) in [5, 5.41) is 0. The van der Waals surface area contributed by atoms with E-state index in [1.165, 1.54) is 0 Å². The zero-order valence-electron chi connectivity index (χ0n) is 20.8. The molecule has 2 amide bonds. The number of amides is 2. The van der Waals surface area contributed by atoms with Crippen LogP contribution in [0.2, 0.25) is 0 Å². The Labute approximate surface area is 193 Å². The lowest BCUT2D eigenvalue weighted by molar-refractivity contribution is 0.00752. The van der Waals surface area contributed by atoms with Gasteiger partial charge in [0.15, 0.2) is 11.5 Å². The summed E-state index contributed by atoms with van der Waals surface area (Å²) in [5.41, 5.74) is 0.00914. The molecule has 7 nitrogen and oxygen atoms in total. The Hall–Kier alpha value is -2.44. The van der Waals surface area contributed by atoms with Crippen LogP contribution in [0.3, 0.4) is 0 Å². The summed E-state index contributed by atoms with van der Waals surface area (Å²) in [7, 11) is 1.59. The van der Waals surface area contributed by atoms with E-state index in [9.17, 15) is 9.59 Å². The molecule has 0 aromatic heterocycles. The Morgan fingerprint density at radius 3 is 2.53 bits per heavy atom. The third kappa shape index (κ3) is 7.04. The molecule has 1 aliphatic rings. The van der Waals surface area contributed by atoms with Gasteiger partial charge in [-0.05, 0) is 72.1 Å². The average molecular weight is 449 g/mol. The molecule has 1 heterocycles. The van der Waals surface area contributed by atoms with Gasteiger partial charge in [0.25, 0.3) is 5.91 Å². The maximum absolute atomic E-state index is 13.6. The lowest BCUT2D eigenvalue weighted by Gasteiger charge is -2.41. The van der Waals surface area contributed by atoms with Crippen LogP contribution in [0, 0.1) is 0 Å². The molecule has 1 atom stereocenters. The number of carbonyl (C=O) groups is 2. The van der Waals surface area contributed by atoms with E-state index in [2.05, 4.69) is 6.92 Å². The van der Waals surface area contributed by atoms with Gasteiger partial charge in [0.05, 0.1) is 19.8 Å². The first kappa shape index (κ1) is 25.8. The van der Waals surface area contributed by atoms with E-state index in [1.54, 1.807) is 30.2 Å². The van der Waals surface area contributed by atoms with Crippen molar-refractivity contribution in [3.05, 3.63) is 23.8 Å². The van der Waals surface area contributed by atoms with Gasteiger partial charge in [-0.15, -0.1) is 0 Å². The highest BCUT2D eigenvalue weighted by Crippen LogP contribution is 2.30. The number of nitrogens with zero attached hydrogens (tertiary/aromatic N) is 2. The molecule has 32 heavy (non-hydrogen) atoms. The number of ether oxygens (including phenoxy) is 3. The van der Waals surface area contributed by atoms with Crippen LogP contribution in [0.4, 0.5) is 4.79 Å². The number of hydrogen-bond donors (Lipinski definition) is 0. The monoisotopic (exact) mass is 448 g/mol. The normalized spacial score (nSPS) is 16.6. The van der Waals surface area contributed by atoms with Crippen LogP contribution in [0.15, 0.2) is 18.2 Å².